The Morgan fingerprint density at radius 3 is 2.17 bits per heavy atom. The van der Waals surface area contributed by atoms with E-state index in [1.54, 1.807) is 25.1 Å². The summed E-state index contributed by atoms with van der Waals surface area (Å²) >= 11 is 0. The highest BCUT2D eigenvalue weighted by molar-refractivity contribution is 6.16. The molecule has 18 heavy (non-hydrogen) atoms. The fourth-order valence-electron chi connectivity index (χ4n) is 1.42. The van der Waals surface area contributed by atoms with E-state index in [0.29, 0.717) is 23.3 Å². The van der Waals surface area contributed by atoms with E-state index < -0.39 is 5.97 Å². The molecule has 0 saturated heterocycles. The van der Waals surface area contributed by atoms with Gasteiger partial charge in [0.05, 0.1) is 27.1 Å². The molecule has 0 saturated carbocycles. The Bertz CT molecular complexity index is 428. The maximum atomic E-state index is 11.6. The molecule has 1 aromatic carbocycles. The van der Waals surface area contributed by atoms with Gasteiger partial charge in [0.1, 0.15) is 17.1 Å². The van der Waals surface area contributed by atoms with E-state index >= 15 is 0 Å². The first-order chi connectivity index (χ1) is 8.65. The van der Waals surface area contributed by atoms with Crippen LogP contribution in [0.4, 0.5) is 0 Å². The van der Waals surface area contributed by atoms with Crippen LogP contribution in [0.1, 0.15) is 12.5 Å². The second-order valence-corrected chi connectivity index (χ2v) is 3.36. The van der Waals surface area contributed by atoms with Crippen molar-refractivity contribution >= 4 is 11.5 Å². The van der Waals surface area contributed by atoms with Gasteiger partial charge in [-0.25, -0.2) is 4.79 Å². The molecule has 5 nitrogen and oxygen atoms in total. The van der Waals surface area contributed by atoms with Crippen molar-refractivity contribution in [1.29, 1.82) is 0 Å². The number of hydrogen-bond acceptors (Lipinski definition) is 5. The molecule has 1 aromatic rings. The molecular weight excluding hydrogens is 236 g/mol. The van der Waals surface area contributed by atoms with Crippen molar-refractivity contribution in [2.45, 2.75) is 6.92 Å². The maximum Gasteiger partial charge on any atom is 0.341 e. The minimum absolute atomic E-state index is 0.0500. The first-order valence-electron chi connectivity index (χ1n) is 5.41. The van der Waals surface area contributed by atoms with Crippen LogP contribution in [0, 0.1) is 0 Å². The highest BCUT2D eigenvalue weighted by atomic mass is 16.5. The zero-order valence-corrected chi connectivity index (χ0v) is 10.6. The lowest BCUT2D eigenvalue weighted by atomic mass is 10.1. The van der Waals surface area contributed by atoms with Crippen LogP contribution in [0.3, 0.4) is 0 Å². The van der Waals surface area contributed by atoms with Crippen molar-refractivity contribution in [1.82, 2.24) is 0 Å². The molecule has 0 atom stereocenters. The van der Waals surface area contributed by atoms with Crippen molar-refractivity contribution in [2.24, 2.45) is 0 Å². The number of carbonyl (C=O) groups is 1. The summed E-state index contributed by atoms with van der Waals surface area (Å²) in [5.74, 6) is 0.441. The predicted octanol–water partition coefficient (Wildman–Crippen LogP) is 2.17. The molecule has 0 aromatic heterocycles. The van der Waals surface area contributed by atoms with Gasteiger partial charge in [0.2, 0.25) is 0 Å². The number of carbonyl (C=O) groups excluding carboxylic acids is 1. The van der Waals surface area contributed by atoms with Gasteiger partial charge in [0.15, 0.2) is 0 Å². The van der Waals surface area contributed by atoms with Crippen molar-refractivity contribution in [3.8, 4) is 11.5 Å². The maximum absolute atomic E-state index is 11.6. The number of aliphatic hydroxyl groups excluding tert-OH is 1. The molecule has 0 aliphatic rings. The second kappa shape index (κ2) is 6.54. The molecular formula is C13H16O5. The molecule has 0 radical (unpaired) electrons. The number of ether oxygens (including phenoxy) is 3. The lowest BCUT2D eigenvalue weighted by Gasteiger charge is -2.10. The van der Waals surface area contributed by atoms with Gasteiger partial charge in [0.25, 0.3) is 0 Å². The Morgan fingerprint density at radius 1 is 1.22 bits per heavy atom. The van der Waals surface area contributed by atoms with Gasteiger partial charge < -0.3 is 19.3 Å². The third kappa shape index (κ3) is 3.16. The smallest absolute Gasteiger partial charge is 0.341 e. The molecule has 1 rings (SSSR count). The standard InChI is InChI=1S/C13H16O5/c1-4-18-13(15)12(8-14)9-5-10(16-2)7-11(6-9)17-3/h5-8,14H,4H2,1-3H3/b12-8-. The van der Waals surface area contributed by atoms with Crippen LogP contribution in [0.25, 0.3) is 5.57 Å². The third-order valence-electron chi connectivity index (χ3n) is 2.29. The molecule has 0 heterocycles. The minimum Gasteiger partial charge on any atom is -0.515 e. The van der Waals surface area contributed by atoms with E-state index in [1.807, 2.05) is 0 Å². The van der Waals surface area contributed by atoms with Crippen molar-refractivity contribution < 1.29 is 24.1 Å². The Morgan fingerprint density at radius 2 is 1.78 bits per heavy atom. The number of hydrogen-bond donors (Lipinski definition) is 1. The van der Waals surface area contributed by atoms with Gasteiger partial charge in [-0.2, -0.15) is 0 Å². The van der Waals surface area contributed by atoms with Crippen LogP contribution in [-0.2, 0) is 9.53 Å². The largest absolute Gasteiger partial charge is 0.515 e. The van der Waals surface area contributed by atoms with E-state index in [-0.39, 0.29) is 12.2 Å². The first kappa shape index (κ1) is 13.9. The zero-order chi connectivity index (χ0) is 13.5. The zero-order valence-electron chi connectivity index (χ0n) is 10.6. The average molecular weight is 252 g/mol. The summed E-state index contributed by atoms with van der Waals surface area (Å²) in [5.41, 5.74) is 0.515. The summed E-state index contributed by atoms with van der Waals surface area (Å²) < 4.78 is 15.0. The fraction of sp³-hybridized carbons (Fsp3) is 0.308. The molecule has 0 amide bonds. The molecule has 1 N–H and O–H groups in total. The van der Waals surface area contributed by atoms with E-state index in [0.717, 1.165) is 0 Å². The third-order valence-corrected chi connectivity index (χ3v) is 2.29. The molecule has 0 fully saturated rings. The van der Waals surface area contributed by atoms with Crippen LogP contribution in [-0.4, -0.2) is 31.9 Å². The normalized spacial score (nSPS) is 10.9. The summed E-state index contributed by atoms with van der Waals surface area (Å²) in [6, 6.07) is 4.90. The second-order valence-electron chi connectivity index (χ2n) is 3.36. The van der Waals surface area contributed by atoms with Crippen molar-refractivity contribution in [2.75, 3.05) is 20.8 Å². The average Bonchev–Trinajstić information content (AvgIpc) is 2.39. The van der Waals surface area contributed by atoms with Crippen LogP contribution in [0.15, 0.2) is 24.5 Å². The van der Waals surface area contributed by atoms with Gasteiger partial charge in [-0.3, -0.25) is 0 Å². The fourth-order valence-corrected chi connectivity index (χ4v) is 1.42. The van der Waals surface area contributed by atoms with Gasteiger partial charge >= 0.3 is 5.97 Å². The molecule has 5 heteroatoms. The van der Waals surface area contributed by atoms with Crippen molar-refractivity contribution in [3.63, 3.8) is 0 Å². The molecule has 98 valence electrons. The van der Waals surface area contributed by atoms with Crippen LogP contribution in [0.5, 0.6) is 11.5 Å². The topological polar surface area (TPSA) is 65.0 Å². The summed E-state index contributed by atoms with van der Waals surface area (Å²) in [6.45, 7) is 1.93. The monoisotopic (exact) mass is 252 g/mol. The number of aliphatic hydroxyl groups is 1. The number of esters is 1. The van der Waals surface area contributed by atoms with Gasteiger partial charge in [-0.05, 0) is 24.6 Å². The molecule has 0 aliphatic carbocycles. The van der Waals surface area contributed by atoms with E-state index in [4.69, 9.17) is 19.3 Å². The van der Waals surface area contributed by atoms with Crippen molar-refractivity contribution in [3.05, 3.63) is 30.0 Å². The SMILES string of the molecule is CCOC(=O)/C(=C\O)c1cc(OC)cc(OC)c1. The predicted molar refractivity (Wildman–Crippen MR) is 66.8 cm³/mol. The summed E-state index contributed by atoms with van der Waals surface area (Å²) in [7, 11) is 3.01. The highest BCUT2D eigenvalue weighted by Crippen LogP contribution is 2.27. The lowest BCUT2D eigenvalue weighted by Crippen LogP contribution is -2.07. The Kier molecular flexibility index (Phi) is 5.05. The molecule has 0 aliphatic heterocycles. The number of methoxy groups -OCH3 is 2. The quantitative estimate of drug-likeness (QED) is 0.494. The molecule has 0 spiro atoms. The van der Waals surface area contributed by atoms with Gasteiger partial charge in [0, 0.05) is 6.07 Å². The summed E-state index contributed by atoms with van der Waals surface area (Å²) in [6.07, 6.45) is 0.714. The van der Waals surface area contributed by atoms with E-state index in [1.165, 1.54) is 14.2 Å². The summed E-state index contributed by atoms with van der Waals surface area (Å²) in [5, 5.41) is 9.16. The molecule has 0 unspecified atom stereocenters. The minimum atomic E-state index is -0.602. The van der Waals surface area contributed by atoms with Gasteiger partial charge in [-0.1, -0.05) is 0 Å². The van der Waals surface area contributed by atoms with Gasteiger partial charge in [-0.15, -0.1) is 0 Å². The highest BCUT2D eigenvalue weighted by Gasteiger charge is 2.15. The lowest BCUT2D eigenvalue weighted by molar-refractivity contribution is -0.136. The molecule has 0 bridgehead atoms. The van der Waals surface area contributed by atoms with E-state index in [9.17, 15) is 4.79 Å². The Hall–Kier alpha value is -2.17. The number of rotatable bonds is 5. The Balaban J connectivity index is 3.17. The van der Waals surface area contributed by atoms with E-state index in [2.05, 4.69) is 0 Å². The Labute approximate surface area is 106 Å². The number of benzene rings is 1. The van der Waals surface area contributed by atoms with Crippen LogP contribution < -0.4 is 9.47 Å². The van der Waals surface area contributed by atoms with Crippen LogP contribution >= 0.6 is 0 Å². The summed E-state index contributed by atoms with van der Waals surface area (Å²) in [4.78, 5) is 11.6. The first-order valence-corrected chi connectivity index (χ1v) is 5.41. The van der Waals surface area contributed by atoms with Crippen LogP contribution in [0.2, 0.25) is 0 Å².